The van der Waals surface area contributed by atoms with Crippen molar-refractivity contribution in [1.29, 1.82) is 0 Å². The average molecular weight is 327 g/mol. The molecule has 8 heteroatoms. The van der Waals surface area contributed by atoms with E-state index in [0.29, 0.717) is 24.2 Å². The van der Waals surface area contributed by atoms with Crippen LogP contribution in [-0.4, -0.2) is 47.6 Å². The first-order valence-corrected chi connectivity index (χ1v) is 9.05. The number of H-pyrrole nitrogens is 1. The molecule has 1 aromatic heterocycles. The van der Waals surface area contributed by atoms with Crippen LogP contribution < -0.4 is 0 Å². The third kappa shape index (κ3) is 2.16. The summed E-state index contributed by atoms with van der Waals surface area (Å²) in [7, 11) is -3.78. The van der Waals surface area contributed by atoms with Gasteiger partial charge in [0.2, 0.25) is 10.0 Å². The number of rotatable bonds is 2. The molecule has 0 bridgehead atoms. The van der Waals surface area contributed by atoms with Crippen molar-refractivity contribution in [1.82, 2.24) is 14.5 Å². The maximum atomic E-state index is 13.2. The third-order valence-corrected chi connectivity index (χ3v) is 6.90. The highest BCUT2D eigenvalue weighted by molar-refractivity contribution is 7.89. The van der Waals surface area contributed by atoms with E-state index in [1.807, 2.05) is 0 Å². The van der Waals surface area contributed by atoms with Gasteiger partial charge in [0.25, 0.3) is 0 Å². The molecule has 0 aromatic carbocycles. The number of morpholine rings is 1. The van der Waals surface area contributed by atoms with Crippen molar-refractivity contribution in [2.75, 3.05) is 13.2 Å². The van der Waals surface area contributed by atoms with Gasteiger partial charge in [0, 0.05) is 6.54 Å². The standard InChI is InChI=1S/C14H21N3O4S/c1-10-12(11(2)16-15-10)22(19,20)17-8-9-21-13(18)14(17)6-4-3-5-7-14/h3-9H2,1-2H3,(H,15,16). The zero-order chi connectivity index (χ0) is 16.0. The Morgan fingerprint density at radius 1 is 1.23 bits per heavy atom. The molecule has 1 saturated carbocycles. The molecule has 0 radical (unpaired) electrons. The van der Waals surface area contributed by atoms with Gasteiger partial charge < -0.3 is 4.74 Å². The Bertz CT molecular complexity index is 669. The second-order valence-corrected chi connectivity index (χ2v) is 7.87. The highest BCUT2D eigenvalue weighted by Gasteiger charge is 2.54. The first-order chi connectivity index (χ1) is 10.4. The van der Waals surface area contributed by atoms with Crippen LogP contribution >= 0.6 is 0 Å². The Labute approximate surface area is 130 Å². The van der Waals surface area contributed by atoms with Crippen molar-refractivity contribution in [3.05, 3.63) is 11.4 Å². The molecule has 0 amide bonds. The summed E-state index contributed by atoms with van der Waals surface area (Å²) >= 11 is 0. The maximum Gasteiger partial charge on any atom is 0.327 e. The van der Waals surface area contributed by atoms with Crippen molar-refractivity contribution in [2.45, 2.75) is 56.4 Å². The Morgan fingerprint density at radius 3 is 2.50 bits per heavy atom. The van der Waals surface area contributed by atoms with Crippen LogP contribution in [0.2, 0.25) is 0 Å². The van der Waals surface area contributed by atoms with E-state index in [4.69, 9.17) is 4.74 Å². The predicted molar refractivity (Wildman–Crippen MR) is 78.7 cm³/mol. The number of carbonyl (C=O) groups excluding carboxylic acids is 1. The van der Waals surface area contributed by atoms with Crippen LogP contribution in [0.3, 0.4) is 0 Å². The van der Waals surface area contributed by atoms with E-state index in [9.17, 15) is 13.2 Å². The number of esters is 1. The number of aromatic amines is 1. The van der Waals surface area contributed by atoms with Crippen LogP contribution in [0.25, 0.3) is 0 Å². The van der Waals surface area contributed by atoms with Crippen LogP contribution in [0.1, 0.15) is 43.5 Å². The molecule has 2 heterocycles. The van der Waals surface area contributed by atoms with Crippen LogP contribution in [-0.2, 0) is 19.6 Å². The van der Waals surface area contributed by atoms with Gasteiger partial charge in [-0.15, -0.1) is 0 Å². The van der Waals surface area contributed by atoms with Gasteiger partial charge in [-0.1, -0.05) is 19.3 Å². The number of cyclic esters (lactones) is 1. The fourth-order valence-electron chi connectivity index (χ4n) is 3.64. The summed E-state index contributed by atoms with van der Waals surface area (Å²) in [6.07, 6.45) is 3.75. The van der Waals surface area contributed by atoms with E-state index in [1.165, 1.54) is 4.31 Å². The molecule has 7 nitrogen and oxygen atoms in total. The summed E-state index contributed by atoms with van der Waals surface area (Å²) in [4.78, 5) is 12.6. The fourth-order valence-corrected chi connectivity index (χ4v) is 5.75. The van der Waals surface area contributed by atoms with Crippen LogP contribution in [0.5, 0.6) is 0 Å². The maximum absolute atomic E-state index is 13.2. The summed E-state index contributed by atoms with van der Waals surface area (Å²) in [5.41, 5.74) is -0.101. The Hall–Kier alpha value is -1.41. The van der Waals surface area contributed by atoms with Crippen molar-refractivity contribution in [3.8, 4) is 0 Å². The number of hydrogen-bond acceptors (Lipinski definition) is 5. The zero-order valence-corrected chi connectivity index (χ0v) is 13.7. The van der Waals surface area contributed by atoms with Crippen molar-refractivity contribution >= 4 is 16.0 Å². The van der Waals surface area contributed by atoms with Gasteiger partial charge in [0.1, 0.15) is 17.0 Å². The van der Waals surface area contributed by atoms with Gasteiger partial charge in [-0.3, -0.25) is 9.89 Å². The van der Waals surface area contributed by atoms with E-state index < -0.39 is 21.5 Å². The number of carbonyl (C=O) groups is 1. The van der Waals surface area contributed by atoms with Gasteiger partial charge in [-0.25, -0.2) is 8.42 Å². The van der Waals surface area contributed by atoms with Crippen LogP contribution in [0, 0.1) is 13.8 Å². The number of sulfonamides is 1. The van der Waals surface area contributed by atoms with Crippen molar-refractivity contribution in [2.24, 2.45) is 0 Å². The van der Waals surface area contributed by atoms with Crippen LogP contribution in [0.15, 0.2) is 4.90 Å². The molecule has 1 spiro atoms. The van der Waals surface area contributed by atoms with Gasteiger partial charge in [-0.05, 0) is 26.7 Å². The summed E-state index contributed by atoms with van der Waals surface area (Å²) in [5, 5.41) is 6.70. The van der Waals surface area contributed by atoms with Gasteiger partial charge in [0.05, 0.1) is 11.4 Å². The lowest BCUT2D eigenvalue weighted by atomic mass is 9.81. The minimum Gasteiger partial charge on any atom is -0.463 e. The number of aromatic nitrogens is 2. The van der Waals surface area contributed by atoms with Gasteiger partial charge in [-0.2, -0.15) is 9.40 Å². The summed E-state index contributed by atoms with van der Waals surface area (Å²) in [6, 6.07) is 0. The summed E-state index contributed by atoms with van der Waals surface area (Å²) in [5.74, 6) is -0.402. The Balaban J connectivity index is 2.09. The Morgan fingerprint density at radius 2 is 1.91 bits per heavy atom. The number of nitrogens with zero attached hydrogens (tertiary/aromatic N) is 2. The van der Waals surface area contributed by atoms with Gasteiger partial charge in [0.15, 0.2) is 0 Å². The zero-order valence-electron chi connectivity index (χ0n) is 12.9. The average Bonchev–Trinajstić information content (AvgIpc) is 2.82. The molecule has 22 heavy (non-hydrogen) atoms. The molecular formula is C14H21N3O4S. The summed E-state index contributed by atoms with van der Waals surface area (Å²) < 4.78 is 32.9. The van der Waals surface area contributed by atoms with Gasteiger partial charge >= 0.3 is 5.97 Å². The Kier molecular flexibility index (Phi) is 3.76. The van der Waals surface area contributed by atoms with E-state index in [1.54, 1.807) is 13.8 Å². The second kappa shape index (κ2) is 5.34. The highest BCUT2D eigenvalue weighted by Crippen LogP contribution is 2.40. The molecule has 0 atom stereocenters. The molecule has 2 fully saturated rings. The smallest absolute Gasteiger partial charge is 0.327 e. The number of nitrogens with one attached hydrogen (secondary N) is 1. The lowest BCUT2D eigenvalue weighted by molar-refractivity contribution is -0.165. The SMILES string of the molecule is Cc1n[nH]c(C)c1S(=O)(=O)N1CCOC(=O)C12CCCCC2. The number of hydrogen-bond donors (Lipinski definition) is 1. The lowest BCUT2D eigenvalue weighted by Crippen LogP contribution is -2.62. The quantitative estimate of drug-likeness (QED) is 0.826. The molecule has 1 saturated heterocycles. The first-order valence-electron chi connectivity index (χ1n) is 7.61. The van der Waals surface area contributed by atoms with Crippen molar-refractivity contribution in [3.63, 3.8) is 0 Å². The molecule has 1 aliphatic carbocycles. The predicted octanol–water partition coefficient (Wildman–Crippen LogP) is 1.28. The summed E-state index contributed by atoms with van der Waals surface area (Å²) in [6.45, 7) is 3.66. The first kappa shape index (κ1) is 15.5. The molecule has 0 unspecified atom stereocenters. The molecule has 2 aliphatic rings. The highest BCUT2D eigenvalue weighted by atomic mass is 32.2. The number of ether oxygens (including phenoxy) is 1. The largest absolute Gasteiger partial charge is 0.463 e. The lowest BCUT2D eigenvalue weighted by Gasteiger charge is -2.45. The second-order valence-electron chi connectivity index (χ2n) is 6.07. The van der Waals surface area contributed by atoms with E-state index >= 15 is 0 Å². The molecule has 1 aliphatic heterocycles. The van der Waals surface area contributed by atoms with E-state index in [-0.39, 0.29) is 18.0 Å². The number of aryl methyl sites for hydroxylation is 2. The molecular weight excluding hydrogens is 306 g/mol. The molecule has 1 aromatic rings. The minimum absolute atomic E-state index is 0.107. The third-order valence-electron chi connectivity index (χ3n) is 4.67. The minimum atomic E-state index is -3.78. The van der Waals surface area contributed by atoms with E-state index in [2.05, 4.69) is 10.2 Å². The molecule has 122 valence electrons. The molecule has 3 rings (SSSR count). The van der Waals surface area contributed by atoms with E-state index in [0.717, 1.165) is 19.3 Å². The normalized spacial score (nSPS) is 22.7. The topological polar surface area (TPSA) is 92.4 Å². The monoisotopic (exact) mass is 327 g/mol. The fraction of sp³-hybridized carbons (Fsp3) is 0.714. The van der Waals surface area contributed by atoms with Crippen molar-refractivity contribution < 1.29 is 17.9 Å². The molecule has 1 N–H and O–H groups in total. The van der Waals surface area contributed by atoms with Crippen LogP contribution in [0.4, 0.5) is 0 Å².